The molecule has 0 saturated heterocycles. The van der Waals surface area contributed by atoms with Crippen LogP contribution in [0.5, 0.6) is 17.2 Å². The highest BCUT2D eigenvalue weighted by Gasteiger charge is 2.19. The highest BCUT2D eigenvalue weighted by molar-refractivity contribution is 5.45. The maximum Gasteiger partial charge on any atom is 0.132 e. The van der Waals surface area contributed by atoms with Gasteiger partial charge < -0.3 is 14.6 Å². The van der Waals surface area contributed by atoms with Crippen molar-refractivity contribution in [3.8, 4) is 17.2 Å². The summed E-state index contributed by atoms with van der Waals surface area (Å²) in [5, 5.41) is 9.34. The summed E-state index contributed by atoms with van der Waals surface area (Å²) < 4.78 is 10.5. The van der Waals surface area contributed by atoms with Crippen LogP contribution in [0.25, 0.3) is 0 Å². The van der Waals surface area contributed by atoms with Crippen molar-refractivity contribution in [1.82, 2.24) is 0 Å². The molecular weight excluding hydrogens is 258 g/mol. The number of benzene rings is 2. The Morgan fingerprint density at radius 1 is 1.00 bits per heavy atom. The number of nitrogens with two attached hydrogens (primary N) is 1. The van der Waals surface area contributed by atoms with Gasteiger partial charge in [-0.25, -0.2) is 5.90 Å². The largest absolute Gasteiger partial charge is 0.508 e. The highest BCUT2D eigenvalue weighted by atomic mass is 16.6. The smallest absolute Gasteiger partial charge is 0.132 e. The fourth-order valence-corrected chi connectivity index (χ4v) is 2.02. The Bertz CT molecular complexity index is 569. The van der Waals surface area contributed by atoms with Crippen LogP contribution in [-0.4, -0.2) is 19.3 Å². The zero-order valence-electron chi connectivity index (χ0n) is 11.4. The van der Waals surface area contributed by atoms with Gasteiger partial charge in [0, 0.05) is 11.6 Å². The molecule has 5 nitrogen and oxygen atoms in total. The number of hydrogen-bond donors (Lipinski definition) is 2. The zero-order chi connectivity index (χ0) is 14.5. The van der Waals surface area contributed by atoms with Crippen molar-refractivity contribution < 1.29 is 19.4 Å². The summed E-state index contributed by atoms with van der Waals surface area (Å²) in [5.41, 5.74) is 1.59. The van der Waals surface area contributed by atoms with E-state index in [0.29, 0.717) is 11.5 Å². The maximum atomic E-state index is 9.34. The third kappa shape index (κ3) is 2.84. The number of methoxy groups -OCH3 is 2. The number of rotatable bonds is 5. The predicted molar refractivity (Wildman–Crippen MR) is 74.8 cm³/mol. The van der Waals surface area contributed by atoms with E-state index in [4.69, 9.17) is 20.2 Å². The lowest BCUT2D eigenvalue weighted by Gasteiger charge is -2.19. The van der Waals surface area contributed by atoms with Crippen LogP contribution in [0, 0.1) is 0 Å². The van der Waals surface area contributed by atoms with Crippen molar-refractivity contribution >= 4 is 0 Å². The van der Waals surface area contributed by atoms with Crippen molar-refractivity contribution in [2.75, 3.05) is 14.2 Å². The number of hydrogen-bond acceptors (Lipinski definition) is 5. The quantitative estimate of drug-likeness (QED) is 0.820. The number of ether oxygens (including phenoxy) is 2. The molecule has 2 aromatic carbocycles. The monoisotopic (exact) mass is 275 g/mol. The molecule has 0 aliphatic rings. The first-order chi connectivity index (χ1) is 9.69. The fraction of sp³-hybridized carbons (Fsp3) is 0.200. The summed E-state index contributed by atoms with van der Waals surface area (Å²) in [6.07, 6.45) is -0.489. The Balaban J connectivity index is 2.43. The van der Waals surface area contributed by atoms with Gasteiger partial charge >= 0.3 is 0 Å². The van der Waals surface area contributed by atoms with Gasteiger partial charge in [0.15, 0.2) is 0 Å². The first-order valence-electron chi connectivity index (χ1n) is 6.06. The number of phenols is 1. The van der Waals surface area contributed by atoms with Crippen molar-refractivity contribution in [3.63, 3.8) is 0 Å². The van der Waals surface area contributed by atoms with Crippen LogP contribution in [0.1, 0.15) is 17.2 Å². The van der Waals surface area contributed by atoms with Gasteiger partial charge in [0.2, 0.25) is 0 Å². The van der Waals surface area contributed by atoms with Gasteiger partial charge in [0.25, 0.3) is 0 Å². The van der Waals surface area contributed by atoms with Crippen molar-refractivity contribution in [3.05, 3.63) is 53.6 Å². The Kier molecular flexibility index (Phi) is 4.45. The molecule has 2 rings (SSSR count). The Hall–Kier alpha value is -2.24. The van der Waals surface area contributed by atoms with Gasteiger partial charge in [0.05, 0.1) is 14.2 Å². The highest BCUT2D eigenvalue weighted by Crippen LogP contribution is 2.34. The van der Waals surface area contributed by atoms with Gasteiger partial charge in [-0.15, -0.1) is 0 Å². The molecule has 0 bridgehead atoms. The predicted octanol–water partition coefficient (Wildman–Crippen LogP) is 2.39. The van der Waals surface area contributed by atoms with E-state index in [9.17, 15) is 5.11 Å². The lowest BCUT2D eigenvalue weighted by molar-refractivity contribution is 0.0794. The second-order valence-corrected chi connectivity index (χ2v) is 4.22. The van der Waals surface area contributed by atoms with Crippen LogP contribution in [0.4, 0.5) is 0 Å². The summed E-state index contributed by atoms with van der Waals surface area (Å²) in [5.74, 6) is 6.91. The second kappa shape index (κ2) is 6.27. The minimum atomic E-state index is -0.489. The van der Waals surface area contributed by atoms with Gasteiger partial charge in [0.1, 0.15) is 23.4 Å². The fourth-order valence-electron chi connectivity index (χ4n) is 2.02. The molecule has 3 N–H and O–H groups in total. The lowest BCUT2D eigenvalue weighted by Crippen LogP contribution is -2.12. The summed E-state index contributed by atoms with van der Waals surface area (Å²) >= 11 is 0. The van der Waals surface area contributed by atoms with Gasteiger partial charge in [-0.1, -0.05) is 12.1 Å². The summed E-state index contributed by atoms with van der Waals surface area (Å²) in [4.78, 5) is 5.08. The summed E-state index contributed by atoms with van der Waals surface area (Å²) in [6, 6.07) is 12.1. The Morgan fingerprint density at radius 3 is 2.25 bits per heavy atom. The molecule has 0 heterocycles. The van der Waals surface area contributed by atoms with E-state index in [0.717, 1.165) is 11.1 Å². The average Bonchev–Trinajstić information content (AvgIpc) is 2.50. The standard InChI is InChI=1S/C15H17NO4/c1-18-12-7-8-13(14(9-12)19-2)15(20-16)10-3-5-11(17)6-4-10/h3-9,15,17H,16H2,1-2H3. The first-order valence-corrected chi connectivity index (χ1v) is 6.06. The van der Waals surface area contributed by atoms with Crippen LogP contribution in [0.15, 0.2) is 42.5 Å². The van der Waals surface area contributed by atoms with Crippen LogP contribution in [-0.2, 0) is 4.84 Å². The van der Waals surface area contributed by atoms with E-state index in [1.165, 1.54) is 0 Å². The Labute approximate surface area is 117 Å². The molecule has 5 heteroatoms. The van der Waals surface area contributed by atoms with Crippen LogP contribution >= 0.6 is 0 Å². The van der Waals surface area contributed by atoms with E-state index in [1.807, 2.05) is 12.1 Å². The van der Waals surface area contributed by atoms with Gasteiger partial charge in [-0.3, -0.25) is 4.84 Å². The molecule has 1 atom stereocenters. The van der Waals surface area contributed by atoms with E-state index >= 15 is 0 Å². The molecule has 20 heavy (non-hydrogen) atoms. The zero-order valence-corrected chi connectivity index (χ0v) is 11.4. The molecule has 1 unspecified atom stereocenters. The molecule has 0 spiro atoms. The van der Waals surface area contributed by atoms with Crippen molar-refractivity contribution in [2.24, 2.45) is 5.90 Å². The molecule has 2 aromatic rings. The lowest BCUT2D eigenvalue weighted by atomic mass is 10.0. The molecule has 0 aliphatic carbocycles. The third-order valence-electron chi connectivity index (χ3n) is 3.06. The van der Waals surface area contributed by atoms with Crippen LogP contribution in [0.2, 0.25) is 0 Å². The maximum absolute atomic E-state index is 9.34. The third-order valence-corrected chi connectivity index (χ3v) is 3.06. The molecule has 0 aromatic heterocycles. The molecule has 0 radical (unpaired) electrons. The van der Waals surface area contributed by atoms with E-state index < -0.39 is 6.10 Å². The van der Waals surface area contributed by atoms with E-state index in [1.54, 1.807) is 44.6 Å². The minimum absolute atomic E-state index is 0.186. The molecule has 0 amide bonds. The SMILES string of the molecule is COc1ccc(C(ON)c2ccc(O)cc2)c(OC)c1. The van der Waals surface area contributed by atoms with E-state index in [-0.39, 0.29) is 5.75 Å². The Morgan fingerprint density at radius 2 is 1.70 bits per heavy atom. The second-order valence-electron chi connectivity index (χ2n) is 4.22. The first kappa shape index (κ1) is 14.2. The van der Waals surface area contributed by atoms with E-state index in [2.05, 4.69) is 0 Å². The number of aromatic hydroxyl groups is 1. The number of phenolic OH excluding ortho intramolecular Hbond substituents is 1. The topological polar surface area (TPSA) is 73.9 Å². The van der Waals surface area contributed by atoms with Crippen molar-refractivity contribution in [2.45, 2.75) is 6.10 Å². The van der Waals surface area contributed by atoms with Gasteiger partial charge in [-0.2, -0.15) is 0 Å². The summed E-state index contributed by atoms with van der Waals surface area (Å²) in [7, 11) is 3.16. The van der Waals surface area contributed by atoms with Crippen LogP contribution in [0.3, 0.4) is 0 Å². The molecule has 0 aliphatic heterocycles. The molecule has 106 valence electrons. The molecule has 0 saturated carbocycles. The average molecular weight is 275 g/mol. The van der Waals surface area contributed by atoms with Crippen LogP contribution < -0.4 is 15.4 Å². The summed E-state index contributed by atoms with van der Waals surface area (Å²) in [6.45, 7) is 0. The minimum Gasteiger partial charge on any atom is -0.508 e. The normalized spacial score (nSPS) is 11.9. The molecular formula is C15H17NO4. The van der Waals surface area contributed by atoms with Gasteiger partial charge in [-0.05, 0) is 29.8 Å². The van der Waals surface area contributed by atoms with Crippen molar-refractivity contribution in [1.29, 1.82) is 0 Å². The molecule has 0 fully saturated rings.